The Morgan fingerprint density at radius 3 is 2.76 bits per heavy atom. The first-order valence-corrected chi connectivity index (χ1v) is 8.28. The number of hydrogen-bond acceptors (Lipinski definition) is 4. The highest BCUT2D eigenvalue weighted by atomic mass is 32.2. The molecule has 0 saturated heterocycles. The Bertz CT molecular complexity index is 635. The predicted octanol–water partition coefficient (Wildman–Crippen LogP) is 2.34. The lowest BCUT2D eigenvalue weighted by Gasteiger charge is -2.25. The number of nitrogens with one attached hydrogen (secondary N) is 1. The Hall–Kier alpha value is -1.53. The fourth-order valence-electron chi connectivity index (χ4n) is 2.15. The van der Waals surface area contributed by atoms with Gasteiger partial charge in [0, 0.05) is 12.7 Å². The summed E-state index contributed by atoms with van der Waals surface area (Å²) in [7, 11) is 0. The van der Waals surface area contributed by atoms with Crippen LogP contribution in [0, 0.1) is 0 Å². The molecule has 0 spiro atoms. The van der Waals surface area contributed by atoms with Gasteiger partial charge in [-0.2, -0.15) is 0 Å². The zero-order valence-corrected chi connectivity index (χ0v) is 13.4. The van der Waals surface area contributed by atoms with Crippen molar-refractivity contribution < 1.29 is 9.90 Å². The number of carbonyl (C=O) groups is 1. The van der Waals surface area contributed by atoms with Gasteiger partial charge in [-0.25, -0.2) is 4.98 Å². The minimum absolute atomic E-state index is 0.235. The van der Waals surface area contributed by atoms with E-state index in [2.05, 4.69) is 10.3 Å². The fraction of sp³-hybridized carbons (Fsp3) is 0.467. The monoisotopic (exact) mass is 307 g/mol. The number of hydrogen-bond donors (Lipinski definition) is 2. The lowest BCUT2D eigenvalue weighted by Crippen LogP contribution is -2.42. The van der Waals surface area contributed by atoms with Gasteiger partial charge in [-0.3, -0.25) is 9.20 Å². The zero-order chi connectivity index (χ0) is 15.5. The number of rotatable bonds is 6. The van der Waals surface area contributed by atoms with E-state index >= 15 is 0 Å². The van der Waals surface area contributed by atoms with Gasteiger partial charge >= 0.3 is 0 Å². The second-order valence-electron chi connectivity index (χ2n) is 5.02. The topological polar surface area (TPSA) is 66.6 Å². The molecular formula is C15H21N3O2S. The van der Waals surface area contributed by atoms with E-state index in [0.29, 0.717) is 18.5 Å². The van der Waals surface area contributed by atoms with E-state index in [0.717, 1.165) is 10.7 Å². The Labute approximate surface area is 128 Å². The van der Waals surface area contributed by atoms with Gasteiger partial charge in [0.2, 0.25) is 0 Å². The van der Waals surface area contributed by atoms with Crippen LogP contribution in [0.4, 0.5) is 0 Å². The van der Waals surface area contributed by atoms with E-state index in [1.165, 1.54) is 11.8 Å². The number of aliphatic hydroxyl groups is 1. The predicted molar refractivity (Wildman–Crippen MR) is 84.8 cm³/mol. The second-order valence-corrected chi connectivity index (χ2v) is 5.79. The summed E-state index contributed by atoms with van der Waals surface area (Å²) < 4.78 is 1.89. The quantitative estimate of drug-likeness (QED) is 0.804. The molecule has 2 N–H and O–H groups in total. The first kappa shape index (κ1) is 15.9. The van der Waals surface area contributed by atoms with Crippen LogP contribution >= 0.6 is 11.8 Å². The van der Waals surface area contributed by atoms with E-state index in [9.17, 15) is 9.90 Å². The van der Waals surface area contributed by atoms with Crippen molar-refractivity contribution in [3.63, 3.8) is 0 Å². The van der Waals surface area contributed by atoms with Gasteiger partial charge in [0.05, 0.1) is 11.1 Å². The fourth-order valence-corrected chi connectivity index (χ4v) is 2.69. The normalized spacial score (nSPS) is 11.8. The summed E-state index contributed by atoms with van der Waals surface area (Å²) in [6, 6.07) is 5.66. The van der Waals surface area contributed by atoms with E-state index < -0.39 is 5.60 Å². The molecule has 0 saturated carbocycles. The smallest absolute Gasteiger partial charge is 0.272 e. The average molecular weight is 307 g/mol. The van der Waals surface area contributed by atoms with Gasteiger partial charge in [-0.1, -0.05) is 31.7 Å². The molecule has 0 atom stereocenters. The lowest BCUT2D eigenvalue weighted by atomic mass is 9.97. The highest BCUT2D eigenvalue weighted by Crippen LogP contribution is 2.20. The summed E-state index contributed by atoms with van der Waals surface area (Å²) in [5, 5.41) is 13.8. The molecule has 0 radical (unpaired) electrons. The molecule has 0 unspecified atom stereocenters. The van der Waals surface area contributed by atoms with E-state index in [-0.39, 0.29) is 12.5 Å². The molecule has 2 heterocycles. The molecule has 0 aliphatic carbocycles. The number of imidazole rings is 1. The number of amides is 1. The minimum Gasteiger partial charge on any atom is -0.388 e. The molecule has 5 nitrogen and oxygen atoms in total. The van der Waals surface area contributed by atoms with Crippen LogP contribution in [0.1, 0.15) is 37.2 Å². The number of nitrogens with zero attached hydrogens (tertiary/aromatic N) is 2. The molecule has 0 aliphatic rings. The maximum atomic E-state index is 12.4. The Balaban J connectivity index is 2.24. The molecule has 0 aliphatic heterocycles. The molecule has 0 bridgehead atoms. The van der Waals surface area contributed by atoms with Crippen molar-refractivity contribution in [3.8, 4) is 0 Å². The molecule has 2 rings (SSSR count). The van der Waals surface area contributed by atoms with E-state index in [1.54, 1.807) is 0 Å². The van der Waals surface area contributed by atoms with Crippen molar-refractivity contribution in [3.05, 3.63) is 30.1 Å². The average Bonchev–Trinajstić information content (AvgIpc) is 2.91. The van der Waals surface area contributed by atoms with Crippen molar-refractivity contribution in [2.45, 2.75) is 37.4 Å². The Kier molecular flexibility index (Phi) is 4.90. The van der Waals surface area contributed by atoms with Gasteiger partial charge in [0.15, 0.2) is 10.9 Å². The standard InChI is InChI=1S/C15H21N3O2S/c1-4-15(20,5-2)10-16-13(19)12-11-8-6-7-9-18(11)14(17-12)21-3/h6-9,20H,4-5,10H2,1-3H3,(H,16,19). The van der Waals surface area contributed by atoms with Crippen LogP contribution in [0.15, 0.2) is 29.6 Å². The summed E-state index contributed by atoms with van der Waals surface area (Å²) in [5.41, 5.74) is 0.318. The van der Waals surface area contributed by atoms with Crippen molar-refractivity contribution >= 4 is 23.2 Å². The molecule has 0 fully saturated rings. The number of pyridine rings is 1. The van der Waals surface area contributed by atoms with Crippen LogP contribution in [-0.2, 0) is 0 Å². The lowest BCUT2D eigenvalue weighted by molar-refractivity contribution is 0.0313. The molecular weight excluding hydrogens is 286 g/mol. The zero-order valence-electron chi connectivity index (χ0n) is 12.6. The molecule has 114 valence electrons. The Morgan fingerprint density at radius 2 is 2.14 bits per heavy atom. The third-order valence-corrected chi connectivity index (χ3v) is 4.46. The van der Waals surface area contributed by atoms with Gasteiger partial charge < -0.3 is 10.4 Å². The third-order valence-electron chi connectivity index (χ3n) is 3.81. The first-order chi connectivity index (χ1) is 10.0. The summed E-state index contributed by atoms with van der Waals surface area (Å²) >= 11 is 1.49. The van der Waals surface area contributed by atoms with Crippen LogP contribution in [0.25, 0.3) is 5.52 Å². The van der Waals surface area contributed by atoms with Gasteiger partial charge in [0.25, 0.3) is 5.91 Å². The van der Waals surface area contributed by atoms with Crippen LogP contribution < -0.4 is 5.32 Å². The molecule has 21 heavy (non-hydrogen) atoms. The third kappa shape index (κ3) is 3.22. The maximum Gasteiger partial charge on any atom is 0.272 e. The summed E-state index contributed by atoms with van der Waals surface area (Å²) in [5.74, 6) is -0.251. The Morgan fingerprint density at radius 1 is 1.43 bits per heavy atom. The summed E-state index contributed by atoms with van der Waals surface area (Å²) in [4.78, 5) is 16.8. The van der Waals surface area contributed by atoms with Crippen molar-refractivity contribution in [2.24, 2.45) is 0 Å². The second kappa shape index (κ2) is 6.49. The van der Waals surface area contributed by atoms with Crippen LogP contribution in [0.3, 0.4) is 0 Å². The van der Waals surface area contributed by atoms with Gasteiger partial charge in [0.1, 0.15) is 0 Å². The minimum atomic E-state index is -0.854. The van der Waals surface area contributed by atoms with Crippen LogP contribution in [0.2, 0.25) is 0 Å². The van der Waals surface area contributed by atoms with Crippen LogP contribution in [0.5, 0.6) is 0 Å². The number of fused-ring (bicyclic) bond motifs is 1. The number of aromatic nitrogens is 2. The van der Waals surface area contributed by atoms with Crippen molar-refractivity contribution in [1.82, 2.24) is 14.7 Å². The van der Waals surface area contributed by atoms with Crippen molar-refractivity contribution in [2.75, 3.05) is 12.8 Å². The highest BCUT2D eigenvalue weighted by Gasteiger charge is 2.24. The highest BCUT2D eigenvalue weighted by molar-refractivity contribution is 7.98. The van der Waals surface area contributed by atoms with E-state index in [4.69, 9.17) is 0 Å². The van der Waals surface area contributed by atoms with Gasteiger partial charge in [-0.15, -0.1) is 0 Å². The maximum absolute atomic E-state index is 12.4. The van der Waals surface area contributed by atoms with Crippen LogP contribution in [-0.4, -0.2) is 38.8 Å². The number of thioether (sulfide) groups is 1. The van der Waals surface area contributed by atoms with Crippen molar-refractivity contribution in [1.29, 1.82) is 0 Å². The largest absolute Gasteiger partial charge is 0.388 e. The first-order valence-electron chi connectivity index (χ1n) is 7.06. The summed E-state index contributed by atoms with van der Waals surface area (Å²) in [6.07, 6.45) is 5.02. The number of carbonyl (C=O) groups excluding carboxylic acids is 1. The molecule has 1 amide bonds. The molecule has 2 aromatic heterocycles. The molecule has 6 heteroatoms. The summed E-state index contributed by atoms with van der Waals surface area (Å²) in [6.45, 7) is 4.06. The SMILES string of the molecule is CCC(O)(CC)CNC(=O)c1nc(SC)n2ccccc12. The van der Waals surface area contributed by atoms with E-state index in [1.807, 2.05) is 48.9 Å². The van der Waals surface area contributed by atoms with Gasteiger partial charge in [-0.05, 0) is 31.2 Å². The molecule has 0 aromatic carbocycles. The molecule has 2 aromatic rings.